The van der Waals surface area contributed by atoms with Gasteiger partial charge in [-0.15, -0.1) is 0 Å². The zero-order valence-electron chi connectivity index (χ0n) is 83.5. The second-order valence-corrected chi connectivity index (χ2v) is 46.9. The Kier molecular flexibility index (Phi) is 19.5. The molecule has 0 saturated heterocycles. The number of para-hydroxylation sites is 2. The molecule has 0 spiro atoms. The predicted octanol–water partition coefficient (Wildman–Crippen LogP) is 33.1. The van der Waals surface area contributed by atoms with E-state index in [4.69, 9.17) is 0 Å². The van der Waals surface area contributed by atoms with Crippen molar-refractivity contribution in [1.29, 1.82) is 0 Å². The number of anilines is 6. The van der Waals surface area contributed by atoms with Gasteiger partial charge in [-0.05, 0) is 250 Å². The summed E-state index contributed by atoms with van der Waals surface area (Å²) < 4.78 is 5.25. The number of nitrogens with zero attached hydrogens (tertiary/aromatic N) is 4. The lowest BCUT2D eigenvalue weighted by Crippen LogP contribution is -2.61. The topological polar surface area (TPSA) is 16.3 Å². The lowest BCUT2D eigenvalue weighted by Gasteiger charge is -2.46. The standard InChI is InChI=1S/C132H123BN4/c1-124(2,3)88-59-67-111(104(76-88)83-72-92(128(13,14)15)75-93(73-83)129(16,17)18)136-115-80-95(134-109-56-40-36-52-102(109)119-112(134)68-63-100-98-50-34-38-54-105(98)131(121(100)119,84-42-26-22-27-43-84)85-44-28-23-29-45-85)60-65-107(115)133-108-66-61-96(135-110-57-41-37-53-103(110)120-113(135)69-64-101-99-51-35-39-55-106(99)132(122(101)120,86-46-30-24-31-47-86)87-48-32-25-33-49-87)81-116(108)137(118-79-94(130(19,20)21)78-117(136)123(118)133)114-77-89(125(4,5)6)58-62-97(114)82-70-90(126(7,8)9)74-91(71-82)127(10,11)12/h22-81H,1-21H3. The Labute approximate surface area is 811 Å². The van der Waals surface area contributed by atoms with Crippen LogP contribution < -0.4 is 26.2 Å². The van der Waals surface area contributed by atoms with Gasteiger partial charge in [0.1, 0.15) is 0 Å². The van der Waals surface area contributed by atoms with Gasteiger partial charge in [-0.2, -0.15) is 0 Å². The first-order chi connectivity index (χ1) is 65.4. The molecule has 5 heteroatoms. The fraction of sp³-hybridized carbons (Fsp3) is 0.227. The number of aromatic nitrogens is 2. The maximum Gasteiger partial charge on any atom is 0.252 e. The molecule has 17 aromatic carbocycles. The summed E-state index contributed by atoms with van der Waals surface area (Å²) in [4.78, 5) is 5.56. The fourth-order valence-corrected chi connectivity index (χ4v) is 23.9. The SMILES string of the molecule is CC(C)(C)c1cc(-c2cc(C(C)(C)C)ccc2N2c3cc(-n4c5ccccc5c5c6c(ccc54)-c4ccccc4C6(c4ccccc4)c4ccccc4)ccc3B3c4ccc(-n5c6ccccc6c6c7c(ccc65)-c5ccccc5C7(c5ccccc5)c5ccccc5)cc4N(c4cc(C(C)(C)C)ccc4-c4cc(C(C)(C)C)cc(C(C)(C)C)c4)c4cc(C(C)(C)C)cc2c43)cc(C(C)(C)C)c1. The van der Waals surface area contributed by atoms with Gasteiger partial charge in [-0.1, -0.05) is 431 Å². The van der Waals surface area contributed by atoms with Crippen molar-refractivity contribution in [1.82, 2.24) is 9.13 Å². The first-order valence-electron chi connectivity index (χ1n) is 49.6. The van der Waals surface area contributed by atoms with Crippen molar-refractivity contribution in [3.63, 3.8) is 0 Å². The molecule has 0 saturated carbocycles. The molecule has 0 N–H and O–H groups in total. The van der Waals surface area contributed by atoms with Crippen LogP contribution in [0.4, 0.5) is 34.1 Å². The highest BCUT2D eigenvalue weighted by atomic mass is 15.2. The quantitative estimate of drug-likeness (QED) is 0.127. The van der Waals surface area contributed by atoms with Crippen molar-refractivity contribution in [2.45, 2.75) is 194 Å². The van der Waals surface area contributed by atoms with Crippen molar-refractivity contribution >= 4 is 101 Å². The summed E-state index contributed by atoms with van der Waals surface area (Å²) >= 11 is 0. The first kappa shape index (κ1) is 87.1. The van der Waals surface area contributed by atoms with E-state index in [2.05, 4.69) is 528 Å². The van der Waals surface area contributed by atoms with Crippen molar-refractivity contribution < 1.29 is 0 Å². The molecule has 674 valence electrons. The van der Waals surface area contributed by atoms with Crippen LogP contribution in [0.15, 0.2) is 364 Å². The van der Waals surface area contributed by atoms with Gasteiger partial charge in [0.15, 0.2) is 0 Å². The van der Waals surface area contributed by atoms with E-state index in [1.807, 2.05) is 0 Å². The summed E-state index contributed by atoms with van der Waals surface area (Å²) in [7, 11) is 0. The Balaban J connectivity index is 0.866. The molecule has 4 aliphatic rings. The summed E-state index contributed by atoms with van der Waals surface area (Å²) in [5.74, 6) is 0. The molecule has 0 fully saturated rings. The van der Waals surface area contributed by atoms with E-state index >= 15 is 0 Å². The van der Waals surface area contributed by atoms with Gasteiger partial charge < -0.3 is 18.9 Å². The Morgan fingerprint density at radius 3 is 0.927 bits per heavy atom. The van der Waals surface area contributed by atoms with Gasteiger partial charge in [-0.25, -0.2) is 0 Å². The van der Waals surface area contributed by atoms with E-state index in [1.54, 1.807) is 0 Å². The van der Waals surface area contributed by atoms with Crippen LogP contribution in [0, 0.1) is 0 Å². The maximum atomic E-state index is 2.79. The van der Waals surface area contributed by atoms with Crippen molar-refractivity contribution in [3.05, 3.63) is 447 Å². The lowest BCUT2D eigenvalue weighted by atomic mass is 9.33. The fourth-order valence-electron chi connectivity index (χ4n) is 23.9. The summed E-state index contributed by atoms with van der Waals surface area (Å²) in [5.41, 5.74) is 43.7. The van der Waals surface area contributed by atoms with Gasteiger partial charge >= 0.3 is 0 Å². The van der Waals surface area contributed by atoms with Crippen molar-refractivity contribution in [2.24, 2.45) is 0 Å². The zero-order valence-corrected chi connectivity index (χ0v) is 83.5. The highest BCUT2D eigenvalue weighted by molar-refractivity contribution is 7.00. The van der Waals surface area contributed by atoms with E-state index in [0.717, 1.165) is 56.2 Å². The number of hydrogen-bond acceptors (Lipinski definition) is 2. The minimum atomic E-state index is -0.665. The van der Waals surface area contributed by atoms with Crippen LogP contribution >= 0.6 is 0 Å². The van der Waals surface area contributed by atoms with Crippen LogP contribution in [-0.4, -0.2) is 15.8 Å². The molecule has 19 aromatic rings. The van der Waals surface area contributed by atoms with E-state index in [0.29, 0.717) is 0 Å². The molecular formula is C132H123BN4. The summed E-state index contributed by atoms with van der Waals surface area (Å²) in [6.45, 7) is 50.0. The first-order valence-corrected chi connectivity index (χ1v) is 49.6. The monoisotopic (exact) mass is 1770 g/mol. The molecule has 2 aliphatic heterocycles. The minimum Gasteiger partial charge on any atom is -0.311 e. The van der Waals surface area contributed by atoms with E-state index < -0.39 is 10.8 Å². The third-order valence-corrected chi connectivity index (χ3v) is 31.1. The molecule has 2 aromatic heterocycles. The summed E-state index contributed by atoms with van der Waals surface area (Å²) in [6.07, 6.45) is 0. The van der Waals surface area contributed by atoms with Crippen molar-refractivity contribution in [2.75, 3.05) is 9.80 Å². The van der Waals surface area contributed by atoms with Crippen LogP contribution in [-0.2, 0) is 48.7 Å². The Morgan fingerprint density at radius 2 is 0.533 bits per heavy atom. The molecule has 23 rings (SSSR count). The molecule has 0 bridgehead atoms. The smallest absolute Gasteiger partial charge is 0.252 e. The molecule has 2 aliphatic carbocycles. The molecule has 137 heavy (non-hydrogen) atoms. The normalized spacial score (nSPS) is 14.4. The molecule has 4 heterocycles. The van der Waals surface area contributed by atoms with Crippen LogP contribution in [0.2, 0.25) is 0 Å². The second kappa shape index (κ2) is 30.8. The minimum absolute atomic E-state index is 0.164. The second-order valence-electron chi connectivity index (χ2n) is 46.9. The Hall–Kier alpha value is -14.0. The largest absolute Gasteiger partial charge is 0.311 e. The van der Waals surface area contributed by atoms with Gasteiger partial charge in [0.2, 0.25) is 0 Å². The number of fused-ring (bicyclic) bond motifs is 18. The van der Waals surface area contributed by atoms with Gasteiger partial charge in [0.05, 0.1) is 44.3 Å². The van der Waals surface area contributed by atoms with Crippen molar-refractivity contribution in [3.8, 4) is 55.9 Å². The van der Waals surface area contributed by atoms with E-state index in [-0.39, 0.29) is 44.6 Å². The number of rotatable bonds is 10. The zero-order chi connectivity index (χ0) is 95.1. The van der Waals surface area contributed by atoms with Crippen LogP contribution in [0.25, 0.3) is 99.5 Å². The molecule has 0 atom stereocenters. The van der Waals surface area contributed by atoms with Gasteiger partial charge in [0, 0.05) is 66.8 Å². The lowest BCUT2D eigenvalue weighted by molar-refractivity contribution is 0.568. The predicted molar refractivity (Wildman–Crippen MR) is 586 cm³/mol. The van der Waals surface area contributed by atoms with Crippen LogP contribution in [0.3, 0.4) is 0 Å². The van der Waals surface area contributed by atoms with Crippen LogP contribution in [0.1, 0.15) is 229 Å². The molecular weight excluding hydrogens is 1650 g/mol. The molecule has 0 amide bonds. The number of hydrogen-bond donors (Lipinski definition) is 0. The average molecular weight is 1780 g/mol. The Morgan fingerprint density at radius 1 is 0.212 bits per heavy atom. The molecule has 0 radical (unpaired) electrons. The molecule has 0 unspecified atom stereocenters. The summed E-state index contributed by atoms with van der Waals surface area (Å²) in [6, 6.07) is 143. The van der Waals surface area contributed by atoms with Gasteiger partial charge in [0.25, 0.3) is 6.71 Å². The highest BCUT2D eigenvalue weighted by Gasteiger charge is 2.52. The number of benzene rings is 17. The summed E-state index contributed by atoms with van der Waals surface area (Å²) in [5, 5.41) is 4.94. The highest BCUT2D eigenvalue weighted by Crippen LogP contribution is 2.63. The third-order valence-electron chi connectivity index (χ3n) is 31.1. The van der Waals surface area contributed by atoms with E-state index in [1.165, 1.54) is 177 Å². The van der Waals surface area contributed by atoms with Crippen LogP contribution in [0.5, 0.6) is 0 Å². The Bertz CT molecular complexity index is 8020. The average Bonchev–Trinajstić information content (AvgIpc) is 1.58. The van der Waals surface area contributed by atoms with Gasteiger partial charge in [-0.3, -0.25) is 0 Å². The van der Waals surface area contributed by atoms with E-state index in [9.17, 15) is 0 Å². The maximum absolute atomic E-state index is 2.79. The molecule has 4 nitrogen and oxygen atoms in total. The third kappa shape index (κ3) is 13.4.